The van der Waals surface area contributed by atoms with Crippen molar-refractivity contribution in [3.63, 3.8) is 0 Å². The average molecular weight is 224 g/mol. The van der Waals surface area contributed by atoms with Crippen molar-refractivity contribution in [3.8, 4) is 0 Å². The minimum absolute atomic E-state index is 0.182. The maximum atomic E-state index is 11.7. The molecule has 0 aliphatic carbocycles. The van der Waals surface area contributed by atoms with Crippen molar-refractivity contribution >= 4 is 17.4 Å². The van der Waals surface area contributed by atoms with Crippen LogP contribution in [0.5, 0.6) is 0 Å². The average Bonchev–Trinajstić information content (AvgIpc) is 2.26. The molecule has 1 heterocycles. The number of nitrogens with one attached hydrogen (secondary N) is 1. The highest BCUT2D eigenvalue weighted by atomic mass is 16.6. The van der Waals surface area contributed by atoms with Crippen LogP contribution in [0, 0.1) is 10.1 Å². The van der Waals surface area contributed by atoms with Crippen LogP contribution in [0.25, 0.3) is 0 Å². The number of amides is 1. The van der Waals surface area contributed by atoms with Crippen LogP contribution in [0.2, 0.25) is 0 Å². The summed E-state index contributed by atoms with van der Waals surface area (Å²) in [4.78, 5) is 26.9. The maximum Gasteiger partial charge on any atom is 0.288 e. The van der Waals surface area contributed by atoms with Gasteiger partial charge in [-0.25, -0.2) is 4.98 Å². The largest absolute Gasteiger partial charge is 0.372 e. The zero-order valence-electron chi connectivity index (χ0n) is 9.22. The van der Waals surface area contributed by atoms with Crippen LogP contribution in [-0.2, 0) is 0 Å². The number of rotatable bonds is 3. The summed E-state index contributed by atoms with van der Waals surface area (Å²) in [5.74, 6) is -0.00940. The predicted octanol–water partition coefficient (Wildman–Crippen LogP) is 0.733. The lowest BCUT2D eigenvalue weighted by Crippen LogP contribution is -2.23. The molecule has 1 amide bonds. The smallest absolute Gasteiger partial charge is 0.288 e. The Morgan fingerprint density at radius 3 is 2.62 bits per heavy atom. The molecule has 0 atom stereocenters. The van der Waals surface area contributed by atoms with Crippen LogP contribution in [0.15, 0.2) is 12.3 Å². The van der Waals surface area contributed by atoms with E-state index in [9.17, 15) is 14.9 Å². The highest BCUT2D eigenvalue weighted by molar-refractivity contribution is 5.99. The van der Waals surface area contributed by atoms with Crippen LogP contribution >= 0.6 is 0 Å². The Balaban J connectivity index is 3.27. The number of hydrogen-bond acceptors (Lipinski definition) is 5. The fraction of sp³-hybridized carbons (Fsp3) is 0.333. The number of anilines is 1. The van der Waals surface area contributed by atoms with Gasteiger partial charge in [-0.2, -0.15) is 0 Å². The first-order valence-corrected chi connectivity index (χ1v) is 4.51. The summed E-state index contributed by atoms with van der Waals surface area (Å²) in [6.45, 7) is 0. The lowest BCUT2D eigenvalue weighted by atomic mass is 10.2. The summed E-state index contributed by atoms with van der Waals surface area (Å²) < 4.78 is 0. The second-order valence-electron chi connectivity index (χ2n) is 3.30. The quantitative estimate of drug-likeness (QED) is 0.604. The number of carbonyl (C=O) groups is 1. The molecule has 16 heavy (non-hydrogen) atoms. The van der Waals surface area contributed by atoms with Gasteiger partial charge in [-0.3, -0.25) is 14.9 Å². The van der Waals surface area contributed by atoms with Crippen LogP contribution in [0.4, 0.5) is 11.5 Å². The molecule has 0 aliphatic rings. The van der Waals surface area contributed by atoms with Gasteiger partial charge in [0.15, 0.2) is 0 Å². The number of hydrogen-bond donors (Lipinski definition) is 1. The predicted molar refractivity (Wildman–Crippen MR) is 58.5 cm³/mol. The molecule has 1 N–H and O–H groups in total. The summed E-state index contributed by atoms with van der Waals surface area (Å²) in [5.41, 5.74) is -0.0223. The molecule has 0 radical (unpaired) electrons. The molecule has 0 aliphatic heterocycles. The molecule has 7 heteroatoms. The molecule has 0 unspecified atom stereocenters. The van der Waals surface area contributed by atoms with Gasteiger partial charge in [0, 0.05) is 27.2 Å². The molecule has 0 saturated carbocycles. The third kappa shape index (κ3) is 2.25. The first-order valence-electron chi connectivity index (χ1n) is 4.51. The second-order valence-corrected chi connectivity index (χ2v) is 3.30. The van der Waals surface area contributed by atoms with Crippen molar-refractivity contribution in [2.45, 2.75) is 0 Å². The molecule has 0 bridgehead atoms. The lowest BCUT2D eigenvalue weighted by Gasteiger charge is -2.12. The standard InChI is InChI=1S/C9H12N4O3/c1-10-8-7(9(14)12(2)3)4-6(5-11-8)13(15)16/h4-5H,1-3H3,(H,10,11). The number of aromatic nitrogens is 1. The molecular weight excluding hydrogens is 212 g/mol. The normalized spacial score (nSPS) is 9.69. The van der Waals surface area contributed by atoms with Gasteiger partial charge >= 0.3 is 0 Å². The van der Waals surface area contributed by atoms with Crippen molar-refractivity contribution in [1.29, 1.82) is 0 Å². The Bertz CT molecular complexity index is 431. The van der Waals surface area contributed by atoms with E-state index >= 15 is 0 Å². The fourth-order valence-electron chi connectivity index (χ4n) is 1.16. The van der Waals surface area contributed by atoms with Crippen molar-refractivity contribution in [2.24, 2.45) is 0 Å². The molecule has 0 aromatic carbocycles. The van der Waals surface area contributed by atoms with E-state index in [1.54, 1.807) is 21.1 Å². The van der Waals surface area contributed by atoms with Crippen molar-refractivity contribution in [3.05, 3.63) is 27.9 Å². The van der Waals surface area contributed by atoms with Gasteiger partial charge in [-0.05, 0) is 0 Å². The highest BCUT2D eigenvalue weighted by Gasteiger charge is 2.18. The van der Waals surface area contributed by atoms with Crippen LogP contribution in [0.3, 0.4) is 0 Å². The summed E-state index contributed by atoms with van der Waals surface area (Å²) >= 11 is 0. The zero-order valence-corrected chi connectivity index (χ0v) is 9.22. The Labute approximate surface area is 92.2 Å². The summed E-state index contributed by atoms with van der Waals surface area (Å²) in [6, 6.07) is 1.21. The topological polar surface area (TPSA) is 88.4 Å². The minimum Gasteiger partial charge on any atom is -0.372 e. The summed E-state index contributed by atoms with van der Waals surface area (Å²) in [5, 5.41) is 13.3. The zero-order chi connectivity index (χ0) is 12.3. The van der Waals surface area contributed by atoms with E-state index in [4.69, 9.17) is 0 Å². The van der Waals surface area contributed by atoms with E-state index in [1.165, 1.54) is 11.0 Å². The van der Waals surface area contributed by atoms with E-state index < -0.39 is 4.92 Å². The number of nitrogens with zero attached hydrogens (tertiary/aromatic N) is 3. The van der Waals surface area contributed by atoms with E-state index in [2.05, 4.69) is 10.3 Å². The van der Waals surface area contributed by atoms with Crippen molar-refractivity contribution < 1.29 is 9.72 Å². The Morgan fingerprint density at radius 1 is 1.56 bits per heavy atom. The highest BCUT2D eigenvalue weighted by Crippen LogP contribution is 2.19. The summed E-state index contributed by atoms with van der Waals surface area (Å²) in [7, 11) is 4.74. The lowest BCUT2D eigenvalue weighted by molar-refractivity contribution is -0.385. The maximum absolute atomic E-state index is 11.7. The summed E-state index contributed by atoms with van der Waals surface area (Å²) in [6.07, 6.45) is 1.11. The van der Waals surface area contributed by atoms with Crippen molar-refractivity contribution in [1.82, 2.24) is 9.88 Å². The monoisotopic (exact) mass is 224 g/mol. The second kappa shape index (κ2) is 4.56. The third-order valence-electron chi connectivity index (χ3n) is 1.96. The molecule has 86 valence electrons. The minimum atomic E-state index is -0.584. The number of pyridine rings is 1. The van der Waals surface area contributed by atoms with Gasteiger partial charge in [-0.1, -0.05) is 0 Å². The molecule has 1 rings (SSSR count). The van der Waals surface area contributed by atoms with E-state index in [-0.39, 0.29) is 17.2 Å². The van der Waals surface area contributed by atoms with Gasteiger partial charge in [0.1, 0.15) is 12.0 Å². The van der Waals surface area contributed by atoms with Crippen LogP contribution < -0.4 is 5.32 Å². The van der Waals surface area contributed by atoms with E-state index in [1.807, 2.05) is 0 Å². The first kappa shape index (κ1) is 11.9. The first-order chi connectivity index (χ1) is 7.47. The van der Waals surface area contributed by atoms with Gasteiger partial charge < -0.3 is 10.2 Å². The molecule has 7 nitrogen and oxygen atoms in total. The van der Waals surface area contributed by atoms with E-state index in [0.717, 1.165) is 6.20 Å². The molecule has 0 fully saturated rings. The number of nitro groups is 1. The molecule has 1 aromatic heterocycles. The Kier molecular flexibility index (Phi) is 3.39. The van der Waals surface area contributed by atoms with Crippen LogP contribution in [-0.4, -0.2) is 41.9 Å². The van der Waals surface area contributed by atoms with Crippen LogP contribution in [0.1, 0.15) is 10.4 Å². The van der Waals surface area contributed by atoms with Gasteiger partial charge in [0.2, 0.25) is 0 Å². The fourth-order valence-corrected chi connectivity index (χ4v) is 1.16. The van der Waals surface area contributed by atoms with Gasteiger partial charge in [-0.15, -0.1) is 0 Å². The Hall–Kier alpha value is -2.18. The van der Waals surface area contributed by atoms with Gasteiger partial charge in [0.25, 0.3) is 11.6 Å². The van der Waals surface area contributed by atoms with Crippen molar-refractivity contribution in [2.75, 3.05) is 26.5 Å². The molecule has 0 saturated heterocycles. The Morgan fingerprint density at radius 2 is 2.19 bits per heavy atom. The van der Waals surface area contributed by atoms with E-state index in [0.29, 0.717) is 5.82 Å². The molecule has 1 aromatic rings. The molecule has 0 spiro atoms. The van der Waals surface area contributed by atoms with Gasteiger partial charge in [0.05, 0.1) is 10.5 Å². The third-order valence-corrected chi connectivity index (χ3v) is 1.96. The SMILES string of the molecule is CNc1ncc([N+](=O)[O-])cc1C(=O)N(C)C. The number of carbonyl (C=O) groups excluding carboxylic acids is 1. The molecular formula is C9H12N4O3.